The van der Waals surface area contributed by atoms with Gasteiger partial charge < -0.3 is 5.73 Å². The van der Waals surface area contributed by atoms with Gasteiger partial charge in [-0.15, -0.1) is 0 Å². The van der Waals surface area contributed by atoms with Crippen molar-refractivity contribution in [2.45, 2.75) is 39.8 Å². The minimum absolute atomic E-state index is 0.0880. The smallest absolute Gasteiger partial charge is 0.132 e. The van der Waals surface area contributed by atoms with Crippen molar-refractivity contribution in [2.24, 2.45) is 5.73 Å². The highest BCUT2D eigenvalue weighted by Crippen LogP contribution is 2.25. The summed E-state index contributed by atoms with van der Waals surface area (Å²) in [4.78, 5) is 0. The summed E-state index contributed by atoms with van der Waals surface area (Å²) >= 11 is 6.13. The Morgan fingerprint density at radius 2 is 2.00 bits per heavy atom. The minimum atomic E-state index is -0.0880. The van der Waals surface area contributed by atoms with Crippen molar-refractivity contribution in [2.75, 3.05) is 0 Å². The summed E-state index contributed by atoms with van der Waals surface area (Å²) in [6.07, 6.45) is 0. The van der Waals surface area contributed by atoms with E-state index < -0.39 is 0 Å². The molecule has 0 radical (unpaired) electrons. The summed E-state index contributed by atoms with van der Waals surface area (Å²) in [5, 5.41) is 5.02. The average Bonchev–Trinajstić information content (AvgIpc) is 2.25. The maximum Gasteiger partial charge on any atom is 0.132 e. The van der Waals surface area contributed by atoms with E-state index >= 15 is 0 Å². The number of rotatable bonds is 1. The second-order valence-corrected chi connectivity index (χ2v) is 4.50. The molecule has 2 N–H and O–H groups in total. The molecule has 0 aromatic carbocycles. The van der Waals surface area contributed by atoms with Crippen molar-refractivity contribution >= 4 is 11.6 Å². The van der Waals surface area contributed by atoms with Crippen molar-refractivity contribution in [1.29, 1.82) is 0 Å². The van der Waals surface area contributed by atoms with Crippen molar-refractivity contribution in [1.82, 2.24) is 9.78 Å². The fraction of sp³-hybridized carbons (Fsp3) is 0.667. The van der Waals surface area contributed by atoms with Crippen molar-refractivity contribution in [3.05, 3.63) is 16.4 Å². The fourth-order valence-corrected chi connectivity index (χ4v) is 1.71. The third kappa shape index (κ3) is 1.86. The van der Waals surface area contributed by atoms with Crippen LogP contribution in [0.5, 0.6) is 0 Å². The summed E-state index contributed by atoms with van der Waals surface area (Å²) < 4.78 is 1.81. The SMILES string of the molecule is Cc1nn(C(C)(C)C)c(Cl)c1CN. The Hall–Kier alpha value is -0.540. The standard InChI is InChI=1S/C9H16ClN3/c1-6-7(5-11)8(10)13(12-6)9(2,3)4/h5,11H2,1-4H3. The van der Waals surface area contributed by atoms with Gasteiger partial charge in [0.15, 0.2) is 0 Å². The molecule has 0 aliphatic rings. The van der Waals surface area contributed by atoms with Gasteiger partial charge in [0.25, 0.3) is 0 Å². The first kappa shape index (κ1) is 10.5. The average molecular weight is 202 g/mol. The van der Waals surface area contributed by atoms with Crippen LogP contribution in [0.4, 0.5) is 0 Å². The van der Waals surface area contributed by atoms with Crippen LogP contribution in [0, 0.1) is 6.92 Å². The molecule has 0 bridgehead atoms. The molecule has 3 nitrogen and oxygen atoms in total. The largest absolute Gasteiger partial charge is 0.326 e. The first-order valence-electron chi connectivity index (χ1n) is 4.32. The molecule has 0 spiro atoms. The molecule has 0 saturated carbocycles. The van der Waals surface area contributed by atoms with Crippen LogP contribution >= 0.6 is 11.6 Å². The zero-order valence-corrected chi connectivity index (χ0v) is 9.31. The van der Waals surface area contributed by atoms with Crippen LogP contribution in [0.1, 0.15) is 32.0 Å². The van der Waals surface area contributed by atoms with E-state index in [0.717, 1.165) is 11.3 Å². The van der Waals surface area contributed by atoms with E-state index in [9.17, 15) is 0 Å². The number of hydrogen-bond donors (Lipinski definition) is 1. The van der Waals surface area contributed by atoms with Gasteiger partial charge in [0, 0.05) is 12.1 Å². The molecule has 0 atom stereocenters. The Morgan fingerprint density at radius 1 is 1.46 bits per heavy atom. The molecule has 0 saturated heterocycles. The van der Waals surface area contributed by atoms with Gasteiger partial charge in [0.2, 0.25) is 0 Å². The lowest BCUT2D eigenvalue weighted by molar-refractivity contribution is 0.354. The quantitative estimate of drug-likeness (QED) is 0.756. The van der Waals surface area contributed by atoms with E-state index in [4.69, 9.17) is 17.3 Å². The molecule has 4 heteroatoms. The lowest BCUT2D eigenvalue weighted by atomic mass is 10.1. The van der Waals surface area contributed by atoms with Gasteiger partial charge in [-0.25, -0.2) is 4.68 Å². The maximum absolute atomic E-state index is 6.13. The first-order valence-corrected chi connectivity index (χ1v) is 4.70. The Bertz CT molecular complexity index is 309. The summed E-state index contributed by atoms with van der Waals surface area (Å²) in [5.41, 5.74) is 7.34. The monoisotopic (exact) mass is 201 g/mol. The van der Waals surface area contributed by atoms with Crippen LogP contribution in [0.15, 0.2) is 0 Å². The molecule has 0 aliphatic carbocycles. The summed E-state index contributed by atoms with van der Waals surface area (Å²) in [5.74, 6) is 0. The van der Waals surface area contributed by atoms with Gasteiger partial charge in [0.1, 0.15) is 5.15 Å². The van der Waals surface area contributed by atoms with Crippen molar-refractivity contribution in [3.63, 3.8) is 0 Å². The Morgan fingerprint density at radius 3 is 2.23 bits per heavy atom. The maximum atomic E-state index is 6.13. The lowest BCUT2D eigenvalue weighted by Gasteiger charge is -2.20. The predicted molar refractivity (Wildman–Crippen MR) is 54.9 cm³/mol. The molecule has 0 amide bonds. The summed E-state index contributed by atoms with van der Waals surface area (Å²) in [6.45, 7) is 8.56. The molecule has 13 heavy (non-hydrogen) atoms. The highest BCUT2D eigenvalue weighted by atomic mass is 35.5. The van der Waals surface area contributed by atoms with E-state index in [1.54, 1.807) is 0 Å². The molecule has 1 aromatic rings. The van der Waals surface area contributed by atoms with Crippen LogP contribution in [-0.2, 0) is 12.1 Å². The molecular formula is C9H16ClN3. The highest BCUT2D eigenvalue weighted by molar-refractivity contribution is 6.30. The van der Waals surface area contributed by atoms with E-state index in [1.165, 1.54) is 0 Å². The number of nitrogens with zero attached hydrogens (tertiary/aromatic N) is 2. The Labute approximate surface area is 83.9 Å². The summed E-state index contributed by atoms with van der Waals surface area (Å²) in [7, 11) is 0. The number of aromatic nitrogens is 2. The zero-order valence-electron chi connectivity index (χ0n) is 8.56. The van der Waals surface area contributed by atoms with E-state index in [0.29, 0.717) is 11.7 Å². The van der Waals surface area contributed by atoms with Gasteiger partial charge in [0.05, 0.1) is 11.2 Å². The zero-order chi connectivity index (χ0) is 10.2. The molecule has 0 fully saturated rings. The van der Waals surface area contributed by atoms with E-state index in [1.807, 2.05) is 11.6 Å². The van der Waals surface area contributed by atoms with Gasteiger partial charge in [-0.05, 0) is 27.7 Å². The first-order chi connectivity index (χ1) is 5.88. The van der Waals surface area contributed by atoms with Crippen LogP contribution in [0.3, 0.4) is 0 Å². The molecule has 1 heterocycles. The van der Waals surface area contributed by atoms with Crippen molar-refractivity contribution < 1.29 is 0 Å². The second-order valence-electron chi connectivity index (χ2n) is 4.14. The van der Waals surface area contributed by atoms with Crippen molar-refractivity contribution in [3.8, 4) is 0 Å². The van der Waals surface area contributed by atoms with Crippen LogP contribution in [-0.4, -0.2) is 9.78 Å². The number of aryl methyl sites for hydroxylation is 1. The molecular weight excluding hydrogens is 186 g/mol. The normalized spacial score (nSPS) is 12.2. The van der Waals surface area contributed by atoms with Gasteiger partial charge in [-0.3, -0.25) is 0 Å². The molecule has 1 aromatic heterocycles. The van der Waals surface area contributed by atoms with Gasteiger partial charge in [-0.2, -0.15) is 5.10 Å². The molecule has 74 valence electrons. The third-order valence-corrected chi connectivity index (χ3v) is 2.35. The van der Waals surface area contributed by atoms with Crippen LogP contribution in [0.2, 0.25) is 5.15 Å². The number of nitrogens with two attached hydrogens (primary N) is 1. The third-order valence-electron chi connectivity index (χ3n) is 1.96. The van der Waals surface area contributed by atoms with Crippen LogP contribution in [0.25, 0.3) is 0 Å². The second kappa shape index (κ2) is 3.31. The summed E-state index contributed by atoms with van der Waals surface area (Å²) in [6, 6.07) is 0. The predicted octanol–water partition coefficient (Wildman–Crippen LogP) is 2.06. The van der Waals surface area contributed by atoms with Gasteiger partial charge in [-0.1, -0.05) is 11.6 Å². The van der Waals surface area contributed by atoms with Gasteiger partial charge >= 0.3 is 0 Å². The fourth-order valence-electron chi connectivity index (χ4n) is 1.21. The lowest BCUT2D eigenvalue weighted by Crippen LogP contribution is -2.23. The topological polar surface area (TPSA) is 43.8 Å². The number of halogens is 1. The van der Waals surface area contributed by atoms with Crippen LogP contribution < -0.4 is 5.73 Å². The molecule has 0 unspecified atom stereocenters. The molecule has 1 rings (SSSR count). The van der Waals surface area contributed by atoms with E-state index in [-0.39, 0.29) is 5.54 Å². The Balaban J connectivity index is 3.26. The minimum Gasteiger partial charge on any atom is -0.326 e. The highest BCUT2D eigenvalue weighted by Gasteiger charge is 2.21. The van der Waals surface area contributed by atoms with E-state index in [2.05, 4.69) is 25.9 Å². The number of hydrogen-bond acceptors (Lipinski definition) is 2. The Kier molecular flexibility index (Phi) is 2.68. The molecule has 0 aliphatic heterocycles.